The van der Waals surface area contributed by atoms with Gasteiger partial charge in [-0.25, -0.2) is 4.99 Å². The van der Waals surface area contributed by atoms with E-state index in [2.05, 4.69) is 70.6 Å². The van der Waals surface area contributed by atoms with Crippen molar-refractivity contribution in [3.8, 4) is 0 Å². The number of amidine groups is 1. The Hall–Kier alpha value is -2.57. The van der Waals surface area contributed by atoms with Gasteiger partial charge in [0.15, 0.2) is 0 Å². The molecule has 3 heterocycles. The van der Waals surface area contributed by atoms with Crippen LogP contribution < -0.4 is 15.5 Å². The normalized spacial score (nSPS) is 20.9. The first-order chi connectivity index (χ1) is 14.7. The maximum Gasteiger partial charge on any atom is 0.142 e. The molecule has 2 aromatic rings. The summed E-state index contributed by atoms with van der Waals surface area (Å²) in [5.41, 5.74) is 6.54. The summed E-state index contributed by atoms with van der Waals surface area (Å²) in [7, 11) is 4.23. The number of nitrogens with one attached hydrogen (secondary N) is 2. The van der Waals surface area contributed by atoms with Gasteiger partial charge in [-0.1, -0.05) is 12.2 Å². The van der Waals surface area contributed by atoms with Crippen molar-refractivity contribution in [2.75, 3.05) is 43.6 Å². The molecule has 1 unspecified atom stereocenters. The molecule has 0 radical (unpaired) electrons. The molecule has 1 fully saturated rings. The van der Waals surface area contributed by atoms with Crippen LogP contribution in [0.2, 0.25) is 0 Å². The number of aliphatic imine (C=N–C) groups is 1. The molecule has 0 spiro atoms. The van der Waals surface area contributed by atoms with Gasteiger partial charge in [-0.05, 0) is 56.1 Å². The second-order valence-corrected chi connectivity index (χ2v) is 8.39. The van der Waals surface area contributed by atoms with E-state index < -0.39 is 0 Å². The lowest BCUT2D eigenvalue weighted by Gasteiger charge is -2.29. The fourth-order valence-electron chi connectivity index (χ4n) is 4.85. The fraction of sp³-hybridized carbons (Fsp3) is 0.458. The van der Waals surface area contributed by atoms with Crippen LogP contribution in [0.25, 0.3) is 6.08 Å². The molecule has 2 N–H and O–H groups in total. The van der Waals surface area contributed by atoms with Crippen LogP contribution in [0.4, 0.5) is 17.2 Å². The number of anilines is 2. The number of ether oxygens (including phenoxy) is 1. The summed E-state index contributed by atoms with van der Waals surface area (Å²) < 4.78 is 7.76. The van der Waals surface area contributed by atoms with E-state index in [9.17, 15) is 0 Å². The van der Waals surface area contributed by atoms with Gasteiger partial charge in [0.25, 0.3) is 0 Å². The highest BCUT2D eigenvalue weighted by Crippen LogP contribution is 2.36. The minimum Gasteiger partial charge on any atom is -0.378 e. The molecule has 0 bridgehead atoms. The van der Waals surface area contributed by atoms with Crippen LogP contribution in [-0.4, -0.2) is 49.8 Å². The molecule has 0 amide bonds. The standard InChI is InChI=1S/C24H31N5O/c1-25-18-8-11-22-21(16-18)20-4-3-5-23(27-24(20)28(22)2)26-17-6-9-19(10-7-17)29-12-14-30-15-13-29/h3-4,6-7,9-10,18,25H,5,8,11-16H2,1-2H3,(H,26,27). The first kappa shape index (κ1) is 19.4. The maximum atomic E-state index is 5.46. The lowest BCUT2D eigenvalue weighted by Crippen LogP contribution is -2.36. The van der Waals surface area contributed by atoms with Gasteiger partial charge in [0.2, 0.25) is 0 Å². The van der Waals surface area contributed by atoms with Crippen molar-refractivity contribution in [3.05, 3.63) is 47.2 Å². The minimum absolute atomic E-state index is 0.562. The first-order valence-electron chi connectivity index (χ1n) is 11.0. The third kappa shape index (κ3) is 3.66. The SMILES string of the molecule is CNC1CCc2c(c3c(n2C)N=C(Nc2ccc(N4CCOCC4)cc2)CC=C3)C1. The van der Waals surface area contributed by atoms with Crippen molar-refractivity contribution in [1.82, 2.24) is 9.88 Å². The zero-order chi connectivity index (χ0) is 20.5. The topological polar surface area (TPSA) is 53.8 Å². The number of aromatic nitrogens is 1. The second-order valence-electron chi connectivity index (χ2n) is 8.39. The average molecular weight is 406 g/mol. The highest BCUT2D eigenvalue weighted by molar-refractivity contribution is 6.00. The van der Waals surface area contributed by atoms with Crippen molar-refractivity contribution in [1.29, 1.82) is 0 Å². The highest BCUT2D eigenvalue weighted by atomic mass is 16.5. The fourth-order valence-corrected chi connectivity index (χ4v) is 4.85. The molecule has 6 nitrogen and oxygen atoms in total. The Kier molecular flexibility index (Phi) is 5.35. The monoisotopic (exact) mass is 405 g/mol. The summed E-state index contributed by atoms with van der Waals surface area (Å²) in [6.07, 6.45) is 8.70. The van der Waals surface area contributed by atoms with Crippen molar-refractivity contribution in [3.63, 3.8) is 0 Å². The van der Waals surface area contributed by atoms with Gasteiger partial charge in [-0.3, -0.25) is 0 Å². The first-order valence-corrected chi connectivity index (χ1v) is 11.0. The number of likely N-dealkylation sites (N-methyl/N-ethyl adjacent to an activating group) is 1. The number of hydrogen-bond acceptors (Lipinski definition) is 5. The molecule has 1 aliphatic carbocycles. The lowest BCUT2D eigenvalue weighted by atomic mass is 9.90. The van der Waals surface area contributed by atoms with Gasteiger partial charge in [0.1, 0.15) is 11.7 Å². The van der Waals surface area contributed by atoms with E-state index in [-0.39, 0.29) is 0 Å². The highest BCUT2D eigenvalue weighted by Gasteiger charge is 2.26. The Morgan fingerprint density at radius 2 is 1.93 bits per heavy atom. The molecule has 30 heavy (non-hydrogen) atoms. The van der Waals surface area contributed by atoms with Crippen molar-refractivity contribution < 1.29 is 4.74 Å². The number of benzene rings is 1. The molecule has 2 aliphatic heterocycles. The van der Waals surface area contributed by atoms with Crippen LogP contribution in [0, 0.1) is 0 Å². The van der Waals surface area contributed by atoms with E-state index in [1.54, 1.807) is 0 Å². The van der Waals surface area contributed by atoms with Gasteiger partial charge < -0.3 is 24.8 Å². The Morgan fingerprint density at radius 3 is 2.70 bits per heavy atom. The van der Waals surface area contributed by atoms with Gasteiger partial charge >= 0.3 is 0 Å². The van der Waals surface area contributed by atoms with Crippen LogP contribution in [0.15, 0.2) is 35.3 Å². The summed E-state index contributed by atoms with van der Waals surface area (Å²) in [5, 5.41) is 7.00. The van der Waals surface area contributed by atoms with Gasteiger partial charge in [0.05, 0.1) is 13.2 Å². The molecule has 1 aromatic carbocycles. The van der Waals surface area contributed by atoms with E-state index in [4.69, 9.17) is 9.73 Å². The van der Waals surface area contributed by atoms with Crippen molar-refractivity contribution in [2.45, 2.75) is 31.7 Å². The summed E-state index contributed by atoms with van der Waals surface area (Å²) >= 11 is 0. The lowest BCUT2D eigenvalue weighted by molar-refractivity contribution is 0.122. The summed E-state index contributed by atoms with van der Waals surface area (Å²) in [5.74, 6) is 2.07. The predicted octanol–water partition coefficient (Wildman–Crippen LogP) is 3.50. The van der Waals surface area contributed by atoms with Gasteiger partial charge in [0, 0.05) is 55.2 Å². The van der Waals surface area contributed by atoms with E-state index >= 15 is 0 Å². The molecule has 3 aliphatic rings. The van der Waals surface area contributed by atoms with E-state index in [1.165, 1.54) is 28.9 Å². The molecule has 1 saturated heterocycles. The Labute approximate surface area is 178 Å². The van der Waals surface area contributed by atoms with Crippen LogP contribution in [-0.2, 0) is 24.6 Å². The van der Waals surface area contributed by atoms with Crippen LogP contribution >= 0.6 is 0 Å². The maximum absolute atomic E-state index is 5.46. The van der Waals surface area contributed by atoms with Crippen LogP contribution in [0.3, 0.4) is 0 Å². The number of nitrogens with zero attached hydrogens (tertiary/aromatic N) is 3. The smallest absolute Gasteiger partial charge is 0.142 e. The van der Waals surface area contributed by atoms with E-state index in [0.717, 1.165) is 62.9 Å². The van der Waals surface area contributed by atoms with Gasteiger partial charge in [-0.15, -0.1) is 0 Å². The predicted molar refractivity (Wildman–Crippen MR) is 124 cm³/mol. The average Bonchev–Trinajstić information content (AvgIpc) is 2.93. The molecule has 1 atom stereocenters. The van der Waals surface area contributed by atoms with Crippen LogP contribution in [0.1, 0.15) is 29.7 Å². The summed E-state index contributed by atoms with van der Waals surface area (Å²) in [6.45, 7) is 3.53. The summed E-state index contributed by atoms with van der Waals surface area (Å²) in [6, 6.07) is 9.23. The zero-order valence-electron chi connectivity index (χ0n) is 17.9. The minimum atomic E-state index is 0.562. The summed E-state index contributed by atoms with van der Waals surface area (Å²) in [4.78, 5) is 7.43. The van der Waals surface area contributed by atoms with Gasteiger partial charge in [-0.2, -0.15) is 0 Å². The number of fused-ring (bicyclic) bond motifs is 3. The number of rotatable bonds is 3. The van der Waals surface area contributed by atoms with E-state index in [1.807, 2.05) is 0 Å². The molecular formula is C24H31N5O. The molecule has 158 valence electrons. The molecule has 5 rings (SSSR count). The van der Waals surface area contributed by atoms with Crippen molar-refractivity contribution >= 4 is 29.1 Å². The Bertz CT molecular complexity index is 966. The largest absolute Gasteiger partial charge is 0.378 e. The zero-order valence-corrected chi connectivity index (χ0v) is 17.9. The third-order valence-electron chi connectivity index (χ3n) is 6.59. The molecular weight excluding hydrogens is 374 g/mol. The molecule has 0 saturated carbocycles. The third-order valence-corrected chi connectivity index (χ3v) is 6.59. The Balaban J connectivity index is 1.37. The molecule has 1 aromatic heterocycles. The number of morpholine rings is 1. The van der Waals surface area contributed by atoms with E-state index in [0.29, 0.717) is 6.04 Å². The molecule has 6 heteroatoms. The quantitative estimate of drug-likeness (QED) is 0.821. The number of hydrogen-bond donors (Lipinski definition) is 2. The van der Waals surface area contributed by atoms with Crippen LogP contribution in [0.5, 0.6) is 0 Å². The Morgan fingerprint density at radius 1 is 1.13 bits per heavy atom. The van der Waals surface area contributed by atoms with Crippen molar-refractivity contribution in [2.24, 2.45) is 12.0 Å². The second kappa shape index (κ2) is 8.28.